The quantitative estimate of drug-likeness (QED) is 0.726. The largest absolute Gasteiger partial charge is 0.448 e. The van der Waals surface area contributed by atoms with Gasteiger partial charge in [0, 0.05) is 0 Å². The Morgan fingerprint density at radius 1 is 1.21 bits per heavy atom. The molecule has 24 heavy (non-hydrogen) atoms. The molecule has 8 nitrogen and oxygen atoms in total. The molecule has 3 amide bonds. The molecule has 0 fully saturated rings. The molecule has 0 aliphatic heterocycles. The highest BCUT2D eigenvalue weighted by molar-refractivity contribution is 7.91. The Morgan fingerprint density at radius 2 is 1.79 bits per heavy atom. The molecule has 0 bridgehead atoms. The van der Waals surface area contributed by atoms with E-state index in [0.29, 0.717) is 0 Å². The number of imide groups is 1. The van der Waals surface area contributed by atoms with Crippen molar-refractivity contribution in [3.63, 3.8) is 0 Å². The van der Waals surface area contributed by atoms with E-state index in [1.54, 1.807) is 13.8 Å². The molecule has 0 saturated heterocycles. The summed E-state index contributed by atoms with van der Waals surface area (Å²) in [7, 11) is -3.64. The van der Waals surface area contributed by atoms with Crippen molar-refractivity contribution in [3.8, 4) is 0 Å². The van der Waals surface area contributed by atoms with Crippen LogP contribution in [-0.2, 0) is 19.4 Å². The van der Waals surface area contributed by atoms with Gasteiger partial charge < -0.3 is 10.5 Å². The van der Waals surface area contributed by atoms with Gasteiger partial charge in [-0.3, -0.25) is 10.1 Å². The predicted octanol–water partition coefficient (Wildman–Crippen LogP) is 0.856. The first kappa shape index (κ1) is 19.6. The molecule has 0 radical (unpaired) electrons. The lowest BCUT2D eigenvalue weighted by molar-refractivity contribution is -0.130. The molecule has 0 aliphatic rings. The van der Waals surface area contributed by atoms with Gasteiger partial charge in [-0.25, -0.2) is 18.0 Å². The number of ether oxygens (including phenoxy) is 1. The van der Waals surface area contributed by atoms with E-state index in [9.17, 15) is 22.8 Å². The topological polar surface area (TPSA) is 133 Å². The second-order valence-electron chi connectivity index (χ2n) is 5.32. The second kappa shape index (κ2) is 7.91. The van der Waals surface area contributed by atoms with Gasteiger partial charge in [0.2, 0.25) is 0 Å². The van der Waals surface area contributed by atoms with Gasteiger partial charge in [0.15, 0.2) is 15.9 Å². The zero-order valence-electron chi connectivity index (χ0n) is 13.6. The summed E-state index contributed by atoms with van der Waals surface area (Å²) in [6.07, 6.45) is -1.29. The average molecular weight is 356 g/mol. The molecule has 1 rings (SSSR count). The Morgan fingerprint density at radius 3 is 2.29 bits per heavy atom. The minimum Gasteiger partial charge on any atom is -0.448 e. The Labute approximate surface area is 140 Å². The predicted molar refractivity (Wildman–Crippen MR) is 85.9 cm³/mol. The second-order valence-corrected chi connectivity index (χ2v) is 7.57. The third-order valence-electron chi connectivity index (χ3n) is 3.17. The number of benzene rings is 1. The Bertz CT molecular complexity index is 742. The molecule has 3 N–H and O–H groups in total. The van der Waals surface area contributed by atoms with Crippen LogP contribution in [0.3, 0.4) is 0 Å². The smallest absolute Gasteiger partial charge is 0.340 e. The van der Waals surface area contributed by atoms with Crippen LogP contribution in [0.15, 0.2) is 29.2 Å². The van der Waals surface area contributed by atoms with E-state index in [-0.39, 0.29) is 16.2 Å². The minimum absolute atomic E-state index is 0.170. The van der Waals surface area contributed by atoms with Gasteiger partial charge in [-0.05, 0) is 18.1 Å². The fourth-order valence-corrected chi connectivity index (χ4v) is 3.01. The van der Waals surface area contributed by atoms with Crippen LogP contribution in [0.2, 0.25) is 0 Å². The van der Waals surface area contributed by atoms with Crippen LogP contribution < -0.4 is 11.1 Å². The van der Waals surface area contributed by atoms with Crippen LogP contribution in [0, 0.1) is 5.92 Å². The fraction of sp³-hybridized carbons (Fsp3) is 0.400. The molecular weight excluding hydrogens is 336 g/mol. The SMILES string of the molecule is CCS(=O)(=O)c1ccccc1C(=O)O[C@H](C(=O)NC(N)=O)C(C)C. The molecule has 0 aromatic heterocycles. The molecule has 0 heterocycles. The summed E-state index contributed by atoms with van der Waals surface area (Å²) in [5, 5.41) is 1.84. The molecule has 0 spiro atoms. The summed E-state index contributed by atoms with van der Waals surface area (Å²) < 4.78 is 29.3. The first-order valence-electron chi connectivity index (χ1n) is 7.23. The number of nitrogens with one attached hydrogen (secondary N) is 1. The normalized spacial score (nSPS) is 12.5. The average Bonchev–Trinajstić information content (AvgIpc) is 2.51. The molecule has 1 aromatic rings. The first-order valence-corrected chi connectivity index (χ1v) is 8.88. The van der Waals surface area contributed by atoms with E-state index >= 15 is 0 Å². The lowest BCUT2D eigenvalue weighted by atomic mass is 10.1. The van der Waals surface area contributed by atoms with E-state index in [1.807, 2.05) is 5.32 Å². The van der Waals surface area contributed by atoms with Gasteiger partial charge >= 0.3 is 12.0 Å². The number of amides is 3. The Balaban J connectivity index is 3.14. The number of rotatable bonds is 6. The number of primary amides is 1. The highest BCUT2D eigenvalue weighted by atomic mass is 32.2. The first-order chi connectivity index (χ1) is 11.1. The maximum atomic E-state index is 12.4. The van der Waals surface area contributed by atoms with Crippen molar-refractivity contribution in [1.29, 1.82) is 0 Å². The number of esters is 1. The summed E-state index contributed by atoms with van der Waals surface area (Å²) in [4.78, 5) is 34.9. The molecule has 0 unspecified atom stereocenters. The summed E-state index contributed by atoms with van der Waals surface area (Å²) in [5.41, 5.74) is 4.71. The molecule has 1 atom stereocenters. The van der Waals surface area contributed by atoms with E-state index in [1.165, 1.54) is 31.2 Å². The van der Waals surface area contributed by atoms with Crippen LogP contribution in [0.5, 0.6) is 0 Å². The van der Waals surface area contributed by atoms with Crippen LogP contribution in [0.4, 0.5) is 4.79 Å². The number of carbonyl (C=O) groups is 3. The Kier molecular flexibility index (Phi) is 6.47. The molecule has 9 heteroatoms. The molecular formula is C15H20N2O6S. The number of hydrogen-bond acceptors (Lipinski definition) is 6. The number of sulfone groups is 1. The maximum absolute atomic E-state index is 12.4. The molecule has 0 saturated carbocycles. The van der Waals surface area contributed by atoms with Crippen LogP contribution >= 0.6 is 0 Å². The summed E-state index contributed by atoms with van der Waals surface area (Å²) in [5.74, 6) is -2.49. The van der Waals surface area contributed by atoms with Crippen LogP contribution in [0.25, 0.3) is 0 Å². The van der Waals surface area contributed by atoms with Gasteiger partial charge in [0.25, 0.3) is 5.91 Å². The van der Waals surface area contributed by atoms with E-state index in [4.69, 9.17) is 10.5 Å². The van der Waals surface area contributed by atoms with Crippen molar-refractivity contribution in [1.82, 2.24) is 5.32 Å². The highest BCUT2D eigenvalue weighted by Crippen LogP contribution is 2.20. The molecule has 132 valence electrons. The van der Waals surface area contributed by atoms with E-state index in [0.717, 1.165) is 0 Å². The van der Waals surface area contributed by atoms with Gasteiger partial charge in [-0.1, -0.05) is 32.9 Å². The zero-order chi connectivity index (χ0) is 18.5. The lowest BCUT2D eigenvalue weighted by Crippen LogP contribution is -2.45. The van der Waals surface area contributed by atoms with Crippen LogP contribution in [-0.4, -0.2) is 38.2 Å². The van der Waals surface area contributed by atoms with Gasteiger partial charge in [-0.15, -0.1) is 0 Å². The van der Waals surface area contributed by atoms with E-state index in [2.05, 4.69) is 0 Å². The zero-order valence-corrected chi connectivity index (χ0v) is 14.4. The molecule has 1 aromatic carbocycles. The number of urea groups is 1. The van der Waals surface area contributed by atoms with Crippen molar-refractivity contribution in [2.75, 3.05) is 5.75 Å². The highest BCUT2D eigenvalue weighted by Gasteiger charge is 2.30. The molecule has 0 aliphatic carbocycles. The van der Waals surface area contributed by atoms with Gasteiger partial charge in [-0.2, -0.15) is 0 Å². The third kappa shape index (κ3) is 4.79. The number of nitrogens with two attached hydrogens (primary N) is 1. The summed E-state index contributed by atoms with van der Waals surface area (Å²) in [6, 6.07) is 4.49. The standard InChI is InChI=1S/C15H20N2O6S/c1-4-24(21,22)11-8-6-5-7-10(11)14(19)23-12(9(2)3)13(18)17-15(16)20/h5-9,12H,4H2,1-3H3,(H3,16,17,18,20)/t12-/m0/s1. The number of carbonyl (C=O) groups excluding carboxylic acids is 3. The maximum Gasteiger partial charge on any atom is 0.340 e. The van der Waals surface area contributed by atoms with Crippen molar-refractivity contribution < 1.29 is 27.5 Å². The number of hydrogen-bond donors (Lipinski definition) is 2. The van der Waals surface area contributed by atoms with Crippen molar-refractivity contribution in [3.05, 3.63) is 29.8 Å². The fourth-order valence-electron chi connectivity index (χ4n) is 1.93. The summed E-state index contributed by atoms with van der Waals surface area (Å²) >= 11 is 0. The van der Waals surface area contributed by atoms with E-state index < -0.39 is 39.8 Å². The van der Waals surface area contributed by atoms with Gasteiger partial charge in [0.05, 0.1) is 16.2 Å². The Hall–Kier alpha value is -2.42. The summed E-state index contributed by atoms with van der Waals surface area (Å²) in [6.45, 7) is 4.66. The van der Waals surface area contributed by atoms with Gasteiger partial charge in [0.1, 0.15) is 0 Å². The van der Waals surface area contributed by atoms with Crippen molar-refractivity contribution >= 4 is 27.7 Å². The third-order valence-corrected chi connectivity index (χ3v) is 4.95. The lowest BCUT2D eigenvalue weighted by Gasteiger charge is -2.20. The van der Waals surface area contributed by atoms with Crippen molar-refractivity contribution in [2.45, 2.75) is 31.8 Å². The monoisotopic (exact) mass is 356 g/mol. The minimum atomic E-state index is -3.64. The van der Waals surface area contributed by atoms with Crippen molar-refractivity contribution in [2.24, 2.45) is 11.7 Å². The van der Waals surface area contributed by atoms with Crippen LogP contribution in [0.1, 0.15) is 31.1 Å².